The lowest BCUT2D eigenvalue weighted by Crippen LogP contribution is -2.41. The maximum Gasteiger partial charge on any atom is 0.309 e. The zero-order chi connectivity index (χ0) is 24.8. The number of nitrogens with zero attached hydrogens (tertiary/aromatic N) is 1. The fourth-order valence-electron chi connectivity index (χ4n) is 4.64. The van der Waals surface area contributed by atoms with Crippen LogP contribution >= 0.6 is 0 Å². The Hall–Kier alpha value is -3.26. The number of benzene rings is 2. The number of carbonyl (C=O) groups excluding carboxylic acids is 1. The first-order valence-electron chi connectivity index (χ1n) is 11.4. The third-order valence-corrected chi connectivity index (χ3v) is 6.55. The zero-order valence-electron chi connectivity index (χ0n) is 20.4. The lowest BCUT2D eigenvalue weighted by molar-refractivity contribution is -0.143. The zero-order valence-corrected chi connectivity index (χ0v) is 20.4. The van der Waals surface area contributed by atoms with Gasteiger partial charge in [-0.3, -0.25) is 14.5 Å². The van der Waals surface area contributed by atoms with Gasteiger partial charge in [-0.05, 0) is 42.7 Å². The molecule has 2 aromatic rings. The Bertz CT molecular complexity index is 993. The fourth-order valence-corrected chi connectivity index (χ4v) is 4.64. The minimum absolute atomic E-state index is 0.0438. The highest BCUT2D eigenvalue weighted by atomic mass is 16.5. The number of likely N-dealkylation sites (tertiary alicyclic amines) is 1. The van der Waals surface area contributed by atoms with E-state index in [0.717, 1.165) is 17.5 Å². The van der Waals surface area contributed by atoms with Crippen LogP contribution in [0.25, 0.3) is 0 Å². The number of methoxy groups -OCH3 is 3. The van der Waals surface area contributed by atoms with Crippen LogP contribution in [0.1, 0.15) is 43.4 Å². The van der Waals surface area contributed by atoms with E-state index in [1.54, 1.807) is 33.5 Å². The Balaban J connectivity index is 2.04. The monoisotopic (exact) mass is 470 g/mol. The first kappa shape index (κ1) is 25.4. The van der Waals surface area contributed by atoms with Crippen LogP contribution in [-0.2, 0) is 9.59 Å². The molecule has 34 heavy (non-hydrogen) atoms. The Morgan fingerprint density at radius 2 is 1.71 bits per heavy atom. The normalized spacial score (nSPS) is 21.0. The van der Waals surface area contributed by atoms with Crippen LogP contribution in [-0.4, -0.2) is 62.3 Å². The summed E-state index contributed by atoms with van der Waals surface area (Å²) < 4.78 is 16.2. The van der Waals surface area contributed by atoms with Crippen LogP contribution in [0, 0.1) is 5.92 Å². The largest absolute Gasteiger partial charge is 0.497 e. The first-order valence-corrected chi connectivity index (χ1v) is 11.4. The Morgan fingerprint density at radius 1 is 1.06 bits per heavy atom. The molecule has 0 spiro atoms. The molecular weight excluding hydrogens is 436 g/mol. The molecular formula is C26H34N2O6. The van der Waals surface area contributed by atoms with E-state index in [4.69, 9.17) is 14.2 Å². The summed E-state index contributed by atoms with van der Waals surface area (Å²) in [5.74, 6) is -0.346. The smallest absolute Gasteiger partial charge is 0.309 e. The molecule has 4 atom stereocenters. The molecule has 0 aromatic heterocycles. The summed E-state index contributed by atoms with van der Waals surface area (Å²) in [6, 6.07) is 12.3. The van der Waals surface area contributed by atoms with Gasteiger partial charge < -0.3 is 24.6 Å². The molecule has 8 nitrogen and oxygen atoms in total. The maximum absolute atomic E-state index is 12.8. The molecule has 0 saturated carbocycles. The number of hydrogen-bond acceptors (Lipinski definition) is 6. The van der Waals surface area contributed by atoms with Gasteiger partial charge in [-0.1, -0.05) is 25.1 Å². The van der Waals surface area contributed by atoms with Gasteiger partial charge in [0.2, 0.25) is 5.91 Å². The Labute approximate surface area is 200 Å². The van der Waals surface area contributed by atoms with Gasteiger partial charge in [0.25, 0.3) is 0 Å². The van der Waals surface area contributed by atoms with Gasteiger partial charge in [0.15, 0.2) is 0 Å². The average Bonchev–Trinajstić information content (AvgIpc) is 3.22. The van der Waals surface area contributed by atoms with E-state index in [9.17, 15) is 14.7 Å². The molecule has 1 aliphatic heterocycles. The van der Waals surface area contributed by atoms with E-state index in [-0.39, 0.29) is 24.4 Å². The van der Waals surface area contributed by atoms with E-state index in [0.29, 0.717) is 23.8 Å². The third-order valence-electron chi connectivity index (χ3n) is 6.55. The molecule has 1 amide bonds. The Kier molecular flexibility index (Phi) is 8.39. The first-order chi connectivity index (χ1) is 16.3. The number of nitrogens with one attached hydrogen (secondary N) is 1. The maximum atomic E-state index is 12.8. The van der Waals surface area contributed by atoms with Crippen molar-refractivity contribution in [2.75, 3.05) is 34.4 Å². The molecule has 1 saturated heterocycles. The number of carboxylic acid groups (broad SMARTS) is 1. The topological polar surface area (TPSA) is 97.3 Å². The second-order valence-electron chi connectivity index (χ2n) is 8.60. The SMILES string of the molecule is CCC(C)NC(=O)CN1CC(c2ccc(OC)cc2OC)C(C(=O)O)C1c1ccc(OC)cc1. The third kappa shape index (κ3) is 5.44. The Morgan fingerprint density at radius 3 is 2.26 bits per heavy atom. The number of ether oxygens (including phenoxy) is 3. The molecule has 1 heterocycles. The summed E-state index contributed by atoms with van der Waals surface area (Å²) in [4.78, 5) is 27.4. The average molecular weight is 471 g/mol. The predicted octanol–water partition coefficient (Wildman–Crippen LogP) is 3.47. The minimum atomic E-state index is -0.923. The number of rotatable bonds is 10. The highest BCUT2D eigenvalue weighted by Gasteiger charge is 2.48. The highest BCUT2D eigenvalue weighted by molar-refractivity contribution is 5.79. The van der Waals surface area contributed by atoms with Crippen molar-refractivity contribution >= 4 is 11.9 Å². The molecule has 184 valence electrons. The number of hydrogen-bond donors (Lipinski definition) is 2. The van der Waals surface area contributed by atoms with Gasteiger partial charge in [0, 0.05) is 30.6 Å². The summed E-state index contributed by atoms with van der Waals surface area (Å²) in [6.45, 7) is 4.45. The van der Waals surface area contributed by atoms with Crippen molar-refractivity contribution < 1.29 is 28.9 Å². The van der Waals surface area contributed by atoms with Crippen LogP contribution in [0.3, 0.4) is 0 Å². The second-order valence-corrected chi connectivity index (χ2v) is 8.60. The minimum Gasteiger partial charge on any atom is -0.497 e. The van der Waals surface area contributed by atoms with Gasteiger partial charge >= 0.3 is 5.97 Å². The summed E-state index contributed by atoms with van der Waals surface area (Å²) in [6.07, 6.45) is 0.817. The number of carbonyl (C=O) groups is 2. The van der Waals surface area contributed by atoms with Crippen molar-refractivity contribution in [2.45, 2.75) is 38.3 Å². The van der Waals surface area contributed by atoms with E-state index < -0.39 is 17.9 Å². The molecule has 8 heteroatoms. The van der Waals surface area contributed by atoms with Crippen LogP contribution in [0.5, 0.6) is 17.2 Å². The van der Waals surface area contributed by atoms with Gasteiger partial charge in [-0.15, -0.1) is 0 Å². The van der Waals surface area contributed by atoms with Crippen molar-refractivity contribution in [1.29, 1.82) is 0 Å². The molecule has 1 fully saturated rings. The second kappa shape index (κ2) is 11.2. The fraction of sp³-hybridized carbons (Fsp3) is 0.462. The lowest BCUT2D eigenvalue weighted by atomic mass is 9.82. The van der Waals surface area contributed by atoms with E-state index >= 15 is 0 Å². The molecule has 1 aliphatic rings. The number of aliphatic carboxylic acids is 1. The van der Waals surface area contributed by atoms with E-state index in [2.05, 4.69) is 5.32 Å². The highest BCUT2D eigenvalue weighted by Crippen LogP contribution is 2.48. The van der Waals surface area contributed by atoms with Crippen molar-refractivity contribution in [2.24, 2.45) is 5.92 Å². The summed E-state index contributed by atoms with van der Waals surface area (Å²) in [5, 5.41) is 13.4. The number of carboxylic acids is 1. The van der Waals surface area contributed by atoms with Crippen molar-refractivity contribution in [3.05, 3.63) is 53.6 Å². The van der Waals surface area contributed by atoms with Crippen LogP contribution in [0.2, 0.25) is 0 Å². The molecule has 3 rings (SSSR count). The standard InChI is InChI=1S/C26H34N2O6/c1-6-16(2)27-23(29)15-28-14-21(20-12-11-19(33-4)13-22(20)34-5)24(26(30)31)25(28)17-7-9-18(32-3)10-8-17/h7-13,16,21,24-25H,6,14-15H2,1-5H3,(H,27,29)(H,30,31). The summed E-state index contributed by atoms with van der Waals surface area (Å²) >= 11 is 0. The lowest BCUT2D eigenvalue weighted by Gasteiger charge is -2.27. The number of amides is 1. The van der Waals surface area contributed by atoms with Gasteiger partial charge in [-0.25, -0.2) is 0 Å². The van der Waals surface area contributed by atoms with Gasteiger partial charge in [-0.2, -0.15) is 0 Å². The van der Waals surface area contributed by atoms with Crippen LogP contribution in [0.4, 0.5) is 0 Å². The molecule has 0 bridgehead atoms. The van der Waals surface area contributed by atoms with E-state index in [1.165, 1.54) is 0 Å². The van der Waals surface area contributed by atoms with Gasteiger partial charge in [0.1, 0.15) is 17.2 Å². The van der Waals surface area contributed by atoms with Crippen molar-refractivity contribution in [1.82, 2.24) is 10.2 Å². The molecule has 2 aromatic carbocycles. The quantitative estimate of drug-likeness (QED) is 0.549. The molecule has 4 unspecified atom stereocenters. The van der Waals surface area contributed by atoms with Crippen molar-refractivity contribution in [3.63, 3.8) is 0 Å². The predicted molar refractivity (Wildman–Crippen MR) is 129 cm³/mol. The van der Waals surface area contributed by atoms with E-state index in [1.807, 2.05) is 49.1 Å². The van der Waals surface area contributed by atoms with Crippen LogP contribution in [0.15, 0.2) is 42.5 Å². The van der Waals surface area contributed by atoms with Gasteiger partial charge in [0.05, 0.1) is 33.8 Å². The van der Waals surface area contributed by atoms with Crippen molar-refractivity contribution in [3.8, 4) is 17.2 Å². The molecule has 0 aliphatic carbocycles. The summed E-state index contributed by atoms with van der Waals surface area (Å²) in [7, 11) is 4.71. The molecule has 2 N–H and O–H groups in total. The molecule has 0 radical (unpaired) electrons. The van der Waals surface area contributed by atoms with Crippen LogP contribution < -0.4 is 19.5 Å². The summed E-state index contributed by atoms with van der Waals surface area (Å²) in [5.41, 5.74) is 1.60.